The van der Waals surface area contributed by atoms with Crippen molar-refractivity contribution in [2.75, 3.05) is 52.7 Å². The van der Waals surface area contributed by atoms with Gasteiger partial charge in [0.25, 0.3) is 17.7 Å². The number of ether oxygens (including phenoxy) is 2. The van der Waals surface area contributed by atoms with E-state index >= 15 is 0 Å². The molecule has 5 amide bonds. The first kappa shape index (κ1) is 36.5. The first-order chi connectivity index (χ1) is 26.9. The van der Waals surface area contributed by atoms with Gasteiger partial charge in [-0.05, 0) is 49.8 Å². The van der Waals surface area contributed by atoms with Crippen LogP contribution >= 0.6 is 0 Å². The smallest absolute Gasteiger partial charge is 0.266 e. The van der Waals surface area contributed by atoms with Crippen LogP contribution in [0.1, 0.15) is 65.3 Å². The number of aromatic nitrogens is 3. The second-order valence-electron chi connectivity index (χ2n) is 14.5. The molecule has 1 unspecified atom stereocenters. The molecular weight excluding hydrogens is 704 g/mol. The summed E-state index contributed by atoms with van der Waals surface area (Å²) < 4.78 is 13.9. The molecule has 5 heterocycles. The Hall–Kier alpha value is -5.51. The summed E-state index contributed by atoms with van der Waals surface area (Å²) in [6.07, 6.45) is 10.4. The molecule has 3 fully saturated rings. The van der Waals surface area contributed by atoms with Gasteiger partial charge in [-0.2, -0.15) is 0 Å². The van der Waals surface area contributed by atoms with E-state index in [0.29, 0.717) is 25.4 Å². The summed E-state index contributed by atoms with van der Waals surface area (Å²) >= 11 is 0. The van der Waals surface area contributed by atoms with Crippen molar-refractivity contribution in [2.45, 2.75) is 56.7 Å². The highest BCUT2D eigenvalue weighted by atomic mass is 16.5. The fraction of sp³-hybridized carbons (Fsp3) is 0.425. The molecule has 4 aliphatic rings. The van der Waals surface area contributed by atoms with Crippen molar-refractivity contribution in [3.05, 3.63) is 78.4 Å². The van der Waals surface area contributed by atoms with E-state index in [2.05, 4.69) is 65.4 Å². The predicted molar refractivity (Wildman–Crippen MR) is 200 cm³/mol. The monoisotopic (exact) mass is 748 g/mol. The zero-order chi connectivity index (χ0) is 37.9. The van der Waals surface area contributed by atoms with E-state index in [4.69, 9.17) is 9.47 Å². The zero-order valence-electron chi connectivity index (χ0n) is 30.5. The number of amides is 5. The van der Waals surface area contributed by atoms with Gasteiger partial charge >= 0.3 is 0 Å². The van der Waals surface area contributed by atoms with Crippen LogP contribution in [0.5, 0.6) is 5.75 Å². The highest BCUT2D eigenvalue weighted by Gasteiger charge is 2.46. The molecule has 2 N–H and O–H groups in total. The predicted octanol–water partition coefficient (Wildman–Crippen LogP) is 2.77. The minimum absolute atomic E-state index is 0.0000801. The molecule has 2 aromatic carbocycles. The average Bonchev–Trinajstić information content (AvgIpc) is 3.72. The largest absolute Gasteiger partial charge is 0.483 e. The average molecular weight is 749 g/mol. The van der Waals surface area contributed by atoms with Gasteiger partial charge in [-0.1, -0.05) is 36.4 Å². The molecule has 8 rings (SSSR count). The SMILES string of the molecule is O=C(COc1cccc2c1C(=O)N(C1CCC(=O)NC1=O)C2=O)NCCOCN1CCN(C2CCC(n3cc(-c4ccccc4)c4cncnc43)CC2)CC1. The Kier molecular flexibility index (Phi) is 10.7. The summed E-state index contributed by atoms with van der Waals surface area (Å²) in [5.74, 6) is -2.80. The lowest BCUT2D eigenvalue weighted by molar-refractivity contribution is -0.136. The van der Waals surface area contributed by atoms with Crippen LogP contribution in [-0.4, -0.2) is 124 Å². The van der Waals surface area contributed by atoms with Gasteiger partial charge in [-0.15, -0.1) is 0 Å². The minimum Gasteiger partial charge on any atom is -0.483 e. The molecule has 15 heteroatoms. The van der Waals surface area contributed by atoms with Gasteiger partial charge < -0.3 is 19.4 Å². The van der Waals surface area contributed by atoms with E-state index in [1.807, 2.05) is 12.3 Å². The van der Waals surface area contributed by atoms with E-state index in [1.165, 1.54) is 23.3 Å². The fourth-order valence-electron chi connectivity index (χ4n) is 8.33. The lowest BCUT2D eigenvalue weighted by atomic mass is 9.89. The number of hydrogen-bond donors (Lipinski definition) is 2. The maximum atomic E-state index is 13.2. The Morgan fingerprint density at radius 1 is 0.873 bits per heavy atom. The third-order valence-electron chi connectivity index (χ3n) is 11.2. The van der Waals surface area contributed by atoms with E-state index in [-0.39, 0.29) is 42.9 Å². The van der Waals surface area contributed by atoms with Crippen LogP contribution in [0.4, 0.5) is 0 Å². The first-order valence-corrected chi connectivity index (χ1v) is 19.0. The molecule has 15 nitrogen and oxygen atoms in total. The van der Waals surface area contributed by atoms with Crippen LogP contribution in [0.2, 0.25) is 0 Å². The maximum absolute atomic E-state index is 13.2. The molecule has 1 aliphatic carbocycles. The van der Waals surface area contributed by atoms with Crippen molar-refractivity contribution in [3.63, 3.8) is 0 Å². The number of carbonyl (C=O) groups is 5. The Balaban J connectivity index is 0.735. The summed E-state index contributed by atoms with van der Waals surface area (Å²) in [6, 6.07) is 14.9. The maximum Gasteiger partial charge on any atom is 0.266 e. The minimum atomic E-state index is -1.08. The third-order valence-corrected chi connectivity index (χ3v) is 11.2. The van der Waals surface area contributed by atoms with Crippen molar-refractivity contribution >= 4 is 40.6 Å². The van der Waals surface area contributed by atoms with Crippen LogP contribution in [-0.2, 0) is 19.1 Å². The number of hydrogen-bond acceptors (Lipinski definition) is 11. The van der Waals surface area contributed by atoms with Crippen molar-refractivity contribution in [1.82, 2.24) is 39.9 Å². The van der Waals surface area contributed by atoms with Gasteiger partial charge in [0.2, 0.25) is 11.8 Å². The Bertz CT molecular complexity index is 2090. The molecule has 1 saturated carbocycles. The first-order valence-electron chi connectivity index (χ1n) is 19.0. The van der Waals surface area contributed by atoms with Crippen molar-refractivity contribution in [2.24, 2.45) is 0 Å². The quantitative estimate of drug-likeness (QED) is 0.162. The number of nitrogens with zero attached hydrogens (tertiary/aromatic N) is 6. The van der Waals surface area contributed by atoms with E-state index in [0.717, 1.165) is 67.8 Å². The van der Waals surface area contributed by atoms with Crippen LogP contribution in [0.15, 0.2) is 67.3 Å². The Morgan fingerprint density at radius 3 is 2.44 bits per heavy atom. The molecule has 2 saturated heterocycles. The number of imide groups is 2. The highest BCUT2D eigenvalue weighted by molar-refractivity contribution is 6.24. The van der Waals surface area contributed by atoms with E-state index in [1.54, 1.807) is 12.4 Å². The summed E-state index contributed by atoms with van der Waals surface area (Å²) in [4.78, 5) is 77.5. The number of rotatable bonds is 12. The van der Waals surface area contributed by atoms with Crippen LogP contribution < -0.4 is 15.4 Å². The Morgan fingerprint density at radius 2 is 1.65 bits per heavy atom. The number of fused-ring (bicyclic) bond motifs is 2. The number of piperidine rings is 1. The van der Waals surface area contributed by atoms with Crippen molar-refractivity contribution in [3.8, 4) is 16.9 Å². The zero-order valence-corrected chi connectivity index (χ0v) is 30.5. The molecule has 286 valence electrons. The number of nitrogens with one attached hydrogen (secondary N) is 2. The summed E-state index contributed by atoms with van der Waals surface area (Å²) in [5, 5.41) is 6.03. The second kappa shape index (κ2) is 16.1. The second-order valence-corrected chi connectivity index (χ2v) is 14.5. The van der Waals surface area contributed by atoms with E-state index in [9.17, 15) is 24.0 Å². The summed E-state index contributed by atoms with van der Waals surface area (Å²) in [6.45, 7) is 4.55. The molecule has 1 atom stereocenters. The number of carbonyl (C=O) groups excluding carboxylic acids is 5. The van der Waals surface area contributed by atoms with Crippen LogP contribution in [0, 0.1) is 0 Å². The van der Waals surface area contributed by atoms with Gasteiger partial charge in [-0.3, -0.25) is 44.0 Å². The fourth-order valence-corrected chi connectivity index (χ4v) is 8.33. The molecule has 0 radical (unpaired) electrons. The third kappa shape index (κ3) is 7.59. The normalized spacial score (nSPS) is 22.2. The Labute approximate surface area is 318 Å². The van der Waals surface area contributed by atoms with E-state index < -0.39 is 35.6 Å². The topological polar surface area (TPSA) is 168 Å². The van der Waals surface area contributed by atoms with Gasteiger partial charge in [-0.25, -0.2) is 9.97 Å². The van der Waals surface area contributed by atoms with Gasteiger partial charge in [0, 0.05) is 74.6 Å². The molecule has 3 aliphatic heterocycles. The lowest BCUT2D eigenvalue weighted by Crippen LogP contribution is -2.54. The van der Waals surface area contributed by atoms with Gasteiger partial charge in [0.15, 0.2) is 6.61 Å². The highest BCUT2D eigenvalue weighted by Crippen LogP contribution is 2.38. The van der Waals surface area contributed by atoms with Crippen LogP contribution in [0.3, 0.4) is 0 Å². The summed E-state index contributed by atoms with van der Waals surface area (Å²) in [5.41, 5.74) is 3.46. The molecule has 55 heavy (non-hydrogen) atoms. The standard InChI is InChI=1S/C40H44N8O7/c49-34-14-13-32(38(51)44-34)48-39(52)29-7-4-8-33(36(29)40(48)53)55-23-35(50)42-15-20-54-25-45-16-18-46(19-17-45)27-9-11-28(12-10-27)47-22-31(26-5-2-1-3-6-26)30-21-41-24-43-37(30)47/h1-8,21-22,24,27-28,32H,9-20,23,25H2,(H,42,50)(H,44,49,51). The van der Waals surface area contributed by atoms with Crippen molar-refractivity contribution < 1.29 is 33.4 Å². The van der Waals surface area contributed by atoms with Crippen LogP contribution in [0.25, 0.3) is 22.2 Å². The van der Waals surface area contributed by atoms with Crippen molar-refractivity contribution in [1.29, 1.82) is 0 Å². The number of piperazine rings is 1. The lowest BCUT2D eigenvalue weighted by Gasteiger charge is -2.42. The molecule has 4 aromatic rings. The van der Waals surface area contributed by atoms with Gasteiger partial charge in [0.1, 0.15) is 23.8 Å². The molecule has 2 aromatic heterocycles. The molecule has 0 bridgehead atoms. The number of benzene rings is 2. The van der Waals surface area contributed by atoms with Gasteiger partial charge in [0.05, 0.1) is 24.5 Å². The molecular formula is C40H44N8O7. The molecule has 0 spiro atoms. The summed E-state index contributed by atoms with van der Waals surface area (Å²) in [7, 11) is 0.